The predicted molar refractivity (Wildman–Crippen MR) is 93.8 cm³/mol. The van der Waals surface area contributed by atoms with Crippen molar-refractivity contribution in [1.29, 1.82) is 0 Å². The van der Waals surface area contributed by atoms with Gasteiger partial charge in [0.15, 0.2) is 11.6 Å². The third-order valence-electron chi connectivity index (χ3n) is 4.39. The molecule has 0 saturated carbocycles. The first-order chi connectivity index (χ1) is 11.2. The van der Waals surface area contributed by atoms with E-state index in [2.05, 4.69) is 0 Å². The van der Waals surface area contributed by atoms with Gasteiger partial charge in [0.2, 0.25) is 0 Å². The van der Waals surface area contributed by atoms with Gasteiger partial charge in [-0.1, -0.05) is 12.1 Å². The highest BCUT2D eigenvalue weighted by Gasteiger charge is 2.31. The molecule has 1 aromatic rings. The molecule has 0 atom stereocenters. The van der Waals surface area contributed by atoms with Crippen molar-refractivity contribution in [1.82, 2.24) is 0 Å². The summed E-state index contributed by atoms with van der Waals surface area (Å²) in [6, 6.07) is 7.16. The number of aliphatic hydroxyl groups is 1. The molecule has 1 aliphatic carbocycles. The number of rotatable bonds is 5. The van der Waals surface area contributed by atoms with Crippen LogP contribution in [0.5, 0.6) is 5.75 Å². The minimum Gasteiger partial charge on any atom is -0.497 e. The van der Waals surface area contributed by atoms with E-state index in [1.54, 1.807) is 59.1 Å². The fourth-order valence-electron chi connectivity index (χ4n) is 2.76. The van der Waals surface area contributed by atoms with Gasteiger partial charge in [0.05, 0.1) is 12.7 Å². The molecule has 24 heavy (non-hydrogen) atoms. The summed E-state index contributed by atoms with van der Waals surface area (Å²) in [4.78, 5) is 25.6. The topological polar surface area (TPSA) is 63.6 Å². The molecule has 0 saturated heterocycles. The maximum absolute atomic E-state index is 12.8. The lowest BCUT2D eigenvalue weighted by Gasteiger charge is -2.24. The van der Waals surface area contributed by atoms with Gasteiger partial charge in [-0.15, -0.1) is 0 Å². The van der Waals surface area contributed by atoms with Gasteiger partial charge in [0, 0.05) is 22.3 Å². The smallest absolute Gasteiger partial charge is 0.190 e. The van der Waals surface area contributed by atoms with E-state index in [0.717, 1.165) is 0 Å². The first-order valence-electron chi connectivity index (χ1n) is 8.02. The number of hydrogen-bond acceptors (Lipinski definition) is 4. The predicted octanol–water partition coefficient (Wildman–Crippen LogP) is 3.49. The van der Waals surface area contributed by atoms with Crippen molar-refractivity contribution >= 4 is 17.1 Å². The Labute approximate surface area is 142 Å². The summed E-state index contributed by atoms with van der Waals surface area (Å²) in [7, 11) is 1.56. The zero-order valence-electron chi connectivity index (χ0n) is 14.9. The lowest BCUT2D eigenvalue weighted by atomic mass is 9.79. The first kappa shape index (κ1) is 18.1. The van der Waals surface area contributed by atoms with Crippen LogP contribution in [0.15, 0.2) is 41.0 Å². The van der Waals surface area contributed by atoms with E-state index < -0.39 is 5.60 Å². The van der Waals surface area contributed by atoms with Gasteiger partial charge in [-0.05, 0) is 58.2 Å². The van der Waals surface area contributed by atoms with Gasteiger partial charge in [0.25, 0.3) is 0 Å². The van der Waals surface area contributed by atoms with Crippen LogP contribution in [-0.4, -0.2) is 29.4 Å². The quantitative estimate of drug-likeness (QED) is 0.841. The number of ether oxygens (including phenoxy) is 1. The lowest BCUT2D eigenvalue weighted by Crippen LogP contribution is -2.24. The fraction of sp³-hybridized carbons (Fsp3) is 0.400. The van der Waals surface area contributed by atoms with E-state index in [1.807, 2.05) is 0 Å². The van der Waals surface area contributed by atoms with Crippen LogP contribution in [0.4, 0.5) is 0 Å². The molecule has 1 aromatic carbocycles. The number of Topliss-reactive ketones (excluding diaryl/α,β-unsaturated/α-hetero) is 2. The van der Waals surface area contributed by atoms with E-state index >= 15 is 0 Å². The average Bonchev–Trinajstić information content (AvgIpc) is 2.54. The summed E-state index contributed by atoms with van der Waals surface area (Å²) < 4.78 is 5.23. The maximum atomic E-state index is 12.8. The zero-order chi connectivity index (χ0) is 18.1. The molecule has 0 bridgehead atoms. The number of benzene rings is 1. The van der Waals surface area contributed by atoms with Crippen LogP contribution < -0.4 is 4.74 Å². The highest BCUT2D eigenvalue weighted by molar-refractivity contribution is 6.39. The highest BCUT2D eigenvalue weighted by atomic mass is 16.5. The second kappa shape index (κ2) is 6.73. The number of allylic oxidation sites excluding steroid dienone is 4. The summed E-state index contributed by atoms with van der Waals surface area (Å²) in [6.07, 6.45) is 0.756. The molecule has 0 radical (unpaired) electrons. The minimum absolute atomic E-state index is 0.117. The Kier molecular flexibility index (Phi) is 5.09. The van der Waals surface area contributed by atoms with Crippen LogP contribution in [0.3, 0.4) is 0 Å². The van der Waals surface area contributed by atoms with Crippen molar-refractivity contribution < 1.29 is 19.4 Å². The lowest BCUT2D eigenvalue weighted by molar-refractivity contribution is -0.115. The molecule has 0 aromatic heterocycles. The van der Waals surface area contributed by atoms with Gasteiger partial charge < -0.3 is 9.84 Å². The molecule has 0 heterocycles. The first-order valence-corrected chi connectivity index (χ1v) is 8.02. The monoisotopic (exact) mass is 328 g/mol. The summed E-state index contributed by atoms with van der Waals surface area (Å²) in [6.45, 7) is 6.76. The second-order valence-corrected chi connectivity index (χ2v) is 6.81. The van der Waals surface area contributed by atoms with E-state index in [1.165, 1.54) is 0 Å². The molecule has 2 rings (SSSR count). The molecule has 0 fully saturated rings. The van der Waals surface area contributed by atoms with Crippen molar-refractivity contribution in [2.24, 2.45) is 0 Å². The SMILES string of the molecule is COc1cccc(C2=C(CCC(C)(C)O)C(=O)C(C)=C(C)C2=O)c1. The number of hydrogen-bond donors (Lipinski definition) is 1. The number of carbonyl (C=O) groups is 2. The standard InChI is InChI=1S/C20H24O4/c1-12-13(2)19(22)17(14-7-6-8-15(11-14)24-5)16(18(12)21)9-10-20(3,4)23/h6-8,11,23H,9-10H2,1-5H3. The molecule has 0 amide bonds. The molecule has 0 aliphatic heterocycles. The van der Waals surface area contributed by atoms with Crippen molar-refractivity contribution in [3.8, 4) is 5.75 Å². The van der Waals surface area contributed by atoms with Crippen molar-refractivity contribution in [2.75, 3.05) is 7.11 Å². The van der Waals surface area contributed by atoms with Gasteiger partial charge in [-0.25, -0.2) is 0 Å². The van der Waals surface area contributed by atoms with Crippen LogP contribution in [0.1, 0.15) is 46.1 Å². The van der Waals surface area contributed by atoms with Gasteiger partial charge in [-0.3, -0.25) is 9.59 Å². The normalized spacial score (nSPS) is 16.1. The maximum Gasteiger partial charge on any atom is 0.190 e. The fourth-order valence-corrected chi connectivity index (χ4v) is 2.76. The van der Waals surface area contributed by atoms with Gasteiger partial charge >= 0.3 is 0 Å². The number of carbonyl (C=O) groups excluding carboxylic acids is 2. The van der Waals surface area contributed by atoms with Crippen LogP contribution in [0.25, 0.3) is 5.57 Å². The third-order valence-corrected chi connectivity index (χ3v) is 4.39. The zero-order valence-corrected chi connectivity index (χ0v) is 14.9. The minimum atomic E-state index is -0.903. The van der Waals surface area contributed by atoms with Crippen LogP contribution in [0.2, 0.25) is 0 Å². The van der Waals surface area contributed by atoms with Gasteiger partial charge in [-0.2, -0.15) is 0 Å². The van der Waals surface area contributed by atoms with E-state index in [4.69, 9.17) is 4.74 Å². The molecule has 128 valence electrons. The second-order valence-electron chi connectivity index (χ2n) is 6.81. The van der Waals surface area contributed by atoms with Crippen molar-refractivity contribution in [3.05, 3.63) is 46.5 Å². The summed E-state index contributed by atoms with van der Waals surface area (Å²) in [5, 5.41) is 10.0. The average molecular weight is 328 g/mol. The van der Waals surface area contributed by atoms with Gasteiger partial charge in [0.1, 0.15) is 5.75 Å². The number of ketones is 2. The van der Waals surface area contributed by atoms with E-state index in [0.29, 0.717) is 46.4 Å². The Morgan fingerprint density at radius 3 is 2.29 bits per heavy atom. The summed E-state index contributed by atoms with van der Waals surface area (Å²) in [5.41, 5.74) is 1.62. The molecular formula is C20H24O4. The molecule has 0 unspecified atom stereocenters. The van der Waals surface area contributed by atoms with Crippen molar-refractivity contribution in [3.63, 3.8) is 0 Å². The Balaban J connectivity index is 2.58. The van der Waals surface area contributed by atoms with E-state index in [-0.39, 0.29) is 11.6 Å². The third kappa shape index (κ3) is 3.65. The number of methoxy groups -OCH3 is 1. The Morgan fingerprint density at radius 1 is 1.08 bits per heavy atom. The molecular weight excluding hydrogens is 304 g/mol. The summed E-state index contributed by atoms with van der Waals surface area (Å²) in [5.74, 6) is 0.381. The molecule has 1 N–H and O–H groups in total. The Morgan fingerprint density at radius 2 is 1.71 bits per heavy atom. The van der Waals surface area contributed by atoms with Crippen LogP contribution in [-0.2, 0) is 9.59 Å². The molecule has 1 aliphatic rings. The summed E-state index contributed by atoms with van der Waals surface area (Å²) >= 11 is 0. The van der Waals surface area contributed by atoms with E-state index in [9.17, 15) is 14.7 Å². The Bertz CT molecular complexity index is 745. The van der Waals surface area contributed by atoms with Crippen LogP contribution >= 0.6 is 0 Å². The van der Waals surface area contributed by atoms with Crippen LogP contribution in [0, 0.1) is 0 Å². The van der Waals surface area contributed by atoms with Crippen molar-refractivity contribution in [2.45, 2.75) is 46.1 Å². The molecule has 4 nitrogen and oxygen atoms in total. The largest absolute Gasteiger partial charge is 0.497 e. The molecule has 4 heteroatoms. The molecule has 0 spiro atoms. The Hall–Kier alpha value is -2.20. The highest BCUT2D eigenvalue weighted by Crippen LogP contribution is 2.35.